The minimum atomic E-state index is -4.49. The molecule has 3 nitrogen and oxygen atoms in total. The molecule has 0 spiro atoms. The molecule has 0 saturated carbocycles. The Hall–Kier alpha value is -1.79. The zero-order valence-electron chi connectivity index (χ0n) is 11.7. The van der Waals surface area contributed by atoms with Crippen molar-refractivity contribution in [3.8, 4) is 0 Å². The molecule has 2 N–H and O–H groups in total. The summed E-state index contributed by atoms with van der Waals surface area (Å²) in [5.74, 6) is 0.0985. The minimum Gasteiger partial charge on any atom is -0.387 e. The maximum Gasteiger partial charge on any atom is 0.417 e. The SMILES string of the molecule is Cc1cccc(C(O)CNc2ncc(C(F)(F)F)cc2Cl)c1. The monoisotopic (exact) mass is 330 g/mol. The fourth-order valence-electron chi connectivity index (χ4n) is 1.91. The van der Waals surface area contributed by atoms with E-state index in [2.05, 4.69) is 10.3 Å². The first-order valence-electron chi connectivity index (χ1n) is 6.48. The van der Waals surface area contributed by atoms with E-state index in [1.807, 2.05) is 25.1 Å². The Kier molecular flexibility index (Phi) is 4.93. The zero-order chi connectivity index (χ0) is 16.3. The number of anilines is 1. The van der Waals surface area contributed by atoms with Gasteiger partial charge in [-0.2, -0.15) is 13.2 Å². The standard InChI is InChI=1S/C15H14ClF3N2O/c1-9-3-2-4-10(5-9)13(22)8-21-14-12(16)6-11(7-20-14)15(17,18)19/h2-7,13,22H,8H2,1H3,(H,20,21). The lowest BCUT2D eigenvalue weighted by Gasteiger charge is -2.15. The Morgan fingerprint density at radius 3 is 2.64 bits per heavy atom. The molecule has 22 heavy (non-hydrogen) atoms. The molecule has 1 aromatic carbocycles. The van der Waals surface area contributed by atoms with Crippen LogP contribution < -0.4 is 5.32 Å². The van der Waals surface area contributed by atoms with Crippen LogP contribution in [0.15, 0.2) is 36.5 Å². The molecule has 1 heterocycles. The van der Waals surface area contributed by atoms with Crippen molar-refractivity contribution in [2.24, 2.45) is 0 Å². The first-order valence-corrected chi connectivity index (χ1v) is 6.86. The number of alkyl halides is 3. The number of benzene rings is 1. The van der Waals surface area contributed by atoms with Crippen LogP contribution >= 0.6 is 11.6 Å². The maximum atomic E-state index is 12.5. The van der Waals surface area contributed by atoms with Gasteiger partial charge in [0.2, 0.25) is 0 Å². The second-order valence-corrected chi connectivity index (χ2v) is 5.27. The zero-order valence-corrected chi connectivity index (χ0v) is 12.4. The number of halogens is 4. The van der Waals surface area contributed by atoms with Crippen molar-refractivity contribution < 1.29 is 18.3 Å². The van der Waals surface area contributed by atoms with Gasteiger partial charge in [-0.1, -0.05) is 41.4 Å². The summed E-state index contributed by atoms with van der Waals surface area (Å²) in [6.45, 7) is 1.99. The van der Waals surface area contributed by atoms with Crippen LogP contribution in [0, 0.1) is 6.92 Å². The quantitative estimate of drug-likeness (QED) is 0.882. The Bertz CT molecular complexity index is 661. The maximum absolute atomic E-state index is 12.5. The largest absolute Gasteiger partial charge is 0.417 e. The molecule has 0 saturated heterocycles. The van der Waals surface area contributed by atoms with E-state index >= 15 is 0 Å². The van der Waals surface area contributed by atoms with E-state index in [0.29, 0.717) is 11.8 Å². The highest BCUT2D eigenvalue weighted by molar-refractivity contribution is 6.32. The molecule has 0 bridgehead atoms. The van der Waals surface area contributed by atoms with E-state index in [4.69, 9.17) is 11.6 Å². The summed E-state index contributed by atoms with van der Waals surface area (Å²) in [6.07, 6.45) is -4.61. The third kappa shape index (κ3) is 4.11. The molecule has 1 atom stereocenters. The average molecular weight is 331 g/mol. The number of rotatable bonds is 4. The molecule has 0 aliphatic rings. The average Bonchev–Trinajstić information content (AvgIpc) is 2.44. The summed E-state index contributed by atoms with van der Waals surface area (Å²) < 4.78 is 37.5. The molecule has 0 aliphatic heterocycles. The fraction of sp³-hybridized carbons (Fsp3) is 0.267. The number of aliphatic hydroxyl groups is 1. The van der Waals surface area contributed by atoms with Crippen molar-refractivity contribution >= 4 is 17.4 Å². The summed E-state index contributed by atoms with van der Waals surface area (Å²) >= 11 is 5.78. The van der Waals surface area contributed by atoms with E-state index in [1.54, 1.807) is 6.07 Å². The highest BCUT2D eigenvalue weighted by Gasteiger charge is 2.31. The van der Waals surface area contributed by atoms with Gasteiger partial charge in [0.15, 0.2) is 0 Å². The molecular formula is C15H14ClF3N2O. The molecule has 2 rings (SSSR count). The minimum absolute atomic E-state index is 0.0849. The van der Waals surface area contributed by atoms with E-state index in [1.165, 1.54) is 0 Å². The highest BCUT2D eigenvalue weighted by Crippen LogP contribution is 2.32. The fourth-order valence-corrected chi connectivity index (χ4v) is 2.14. The Morgan fingerprint density at radius 2 is 2.05 bits per heavy atom. The predicted molar refractivity (Wildman–Crippen MR) is 78.9 cm³/mol. The molecule has 0 radical (unpaired) electrons. The van der Waals surface area contributed by atoms with Crippen LogP contribution in [0.2, 0.25) is 5.02 Å². The molecule has 118 valence electrons. The molecule has 1 aromatic heterocycles. The number of pyridine rings is 1. The summed E-state index contributed by atoms with van der Waals surface area (Å²) in [5, 5.41) is 12.7. The van der Waals surface area contributed by atoms with E-state index in [9.17, 15) is 18.3 Å². The first-order chi connectivity index (χ1) is 10.3. The van der Waals surface area contributed by atoms with E-state index < -0.39 is 17.8 Å². The second kappa shape index (κ2) is 6.54. The number of hydrogen-bond donors (Lipinski definition) is 2. The van der Waals surface area contributed by atoms with Gasteiger partial charge in [-0.15, -0.1) is 0 Å². The predicted octanol–water partition coefficient (Wildman–Crippen LogP) is 4.21. The van der Waals surface area contributed by atoms with Gasteiger partial charge >= 0.3 is 6.18 Å². The van der Waals surface area contributed by atoms with Crippen LogP contribution in [-0.2, 0) is 6.18 Å². The molecule has 2 aromatic rings. The van der Waals surface area contributed by atoms with E-state index in [-0.39, 0.29) is 17.4 Å². The normalized spacial score (nSPS) is 13.0. The van der Waals surface area contributed by atoms with Gasteiger partial charge in [-0.25, -0.2) is 4.98 Å². The van der Waals surface area contributed by atoms with Gasteiger partial charge in [0, 0.05) is 12.7 Å². The Labute approximate surface area is 130 Å². The first kappa shape index (κ1) is 16.6. The van der Waals surface area contributed by atoms with Gasteiger partial charge in [-0.3, -0.25) is 0 Å². The van der Waals surface area contributed by atoms with Gasteiger partial charge in [0.1, 0.15) is 5.82 Å². The molecule has 0 aliphatic carbocycles. The summed E-state index contributed by atoms with van der Waals surface area (Å²) in [5.41, 5.74) is 0.792. The number of hydrogen-bond acceptors (Lipinski definition) is 3. The van der Waals surface area contributed by atoms with Crippen molar-refractivity contribution in [1.82, 2.24) is 4.98 Å². The summed E-state index contributed by atoms with van der Waals surface area (Å²) in [4.78, 5) is 3.65. The number of aryl methyl sites for hydroxylation is 1. The second-order valence-electron chi connectivity index (χ2n) is 4.86. The molecule has 7 heteroatoms. The van der Waals surface area contributed by atoms with Crippen LogP contribution in [0.4, 0.5) is 19.0 Å². The van der Waals surface area contributed by atoms with Crippen molar-refractivity contribution in [3.05, 3.63) is 58.2 Å². The third-order valence-corrected chi connectivity index (χ3v) is 3.35. The van der Waals surface area contributed by atoms with Crippen molar-refractivity contribution in [2.75, 3.05) is 11.9 Å². The van der Waals surface area contributed by atoms with Crippen molar-refractivity contribution in [2.45, 2.75) is 19.2 Å². The lowest BCUT2D eigenvalue weighted by atomic mass is 10.1. The topological polar surface area (TPSA) is 45.1 Å². The van der Waals surface area contributed by atoms with Crippen LogP contribution in [-0.4, -0.2) is 16.6 Å². The number of aliphatic hydroxyl groups excluding tert-OH is 1. The third-order valence-electron chi connectivity index (χ3n) is 3.06. The lowest BCUT2D eigenvalue weighted by molar-refractivity contribution is -0.137. The number of nitrogens with zero attached hydrogens (tertiary/aromatic N) is 1. The highest BCUT2D eigenvalue weighted by atomic mass is 35.5. The smallest absolute Gasteiger partial charge is 0.387 e. The van der Waals surface area contributed by atoms with Gasteiger partial charge in [0.05, 0.1) is 16.7 Å². The van der Waals surface area contributed by atoms with E-state index in [0.717, 1.165) is 11.6 Å². The Balaban J connectivity index is 2.05. The van der Waals surface area contributed by atoms with Crippen LogP contribution in [0.25, 0.3) is 0 Å². The molecule has 1 unspecified atom stereocenters. The number of aromatic nitrogens is 1. The number of nitrogens with one attached hydrogen (secondary N) is 1. The summed E-state index contributed by atoms with van der Waals surface area (Å²) in [7, 11) is 0. The Morgan fingerprint density at radius 1 is 1.32 bits per heavy atom. The van der Waals surface area contributed by atoms with Crippen LogP contribution in [0.3, 0.4) is 0 Å². The van der Waals surface area contributed by atoms with Crippen molar-refractivity contribution in [1.29, 1.82) is 0 Å². The van der Waals surface area contributed by atoms with Gasteiger partial charge < -0.3 is 10.4 Å². The summed E-state index contributed by atoms with van der Waals surface area (Å²) in [6, 6.07) is 8.11. The molecule has 0 amide bonds. The lowest BCUT2D eigenvalue weighted by Crippen LogP contribution is -2.14. The molecule has 0 fully saturated rings. The van der Waals surface area contributed by atoms with Gasteiger partial charge in [-0.05, 0) is 18.6 Å². The van der Waals surface area contributed by atoms with Crippen LogP contribution in [0.1, 0.15) is 22.8 Å². The molecular weight excluding hydrogens is 317 g/mol. The van der Waals surface area contributed by atoms with Crippen LogP contribution in [0.5, 0.6) is 0 Å². The van der Waals surface area contributed by atoms with Crippen molar-refractivity contribution in [3.63, 3.8) is 0 Å². The van der Waals surface area contributed by atoms with Gasteiger partial charge in [0.25, 0.3) is 0 Å².